The Labute approximate surface area is 338 Å². The van der Waals surface area contributed by atoms with Crippen molar-refractivity contribution >= 4 is 48.1 Å². The van der Waals surface area contributed by atoms with Gasteiger partial charge < -0.3 is 0 Å². The molecule has 0 fully saturated rings. The van der Waals surface area contributed by atoms with Gasteiger partial charge in [0.25, 0.3) is 0 Å². The van der Waals surface area contributed by atoms with Crippen LogP contribution >= 0.6 is 17.0 Å². The number of rotatable bonds is 10. The number of fused-ring (bicyclic) bond motifs is 2. The summed E-state index contributed by atoms with van der Waals surface area (Å²) >= 11 is -0.826. The summed E-state index contributed by atoms with van der Waals surface area (Å²) in [5, 5.41) is 5.55. The molecule has 274 valence electrons. The van der Waals surface area contributed by atoms with Crippen molar-refractivity contribution in [3.8, 4) is 22.3 Å². The number of halogens is 2. The van der Waals surface area contributed by atoms with E-state index >= 15 is 0 Å². The van der Waals surface area contributed by atoms with Crippen LogP contribution in [0.2, 0.25) is 13.1 Å². The van der Waals surface area contributed by atoms with E-state index in [4.69, 9.17) is 17.0 Å². The van der Waals surface area contributed by atoms with Crippen LogP contribution in [-0.4, -0.2) is 9.52 Å². The van der Waals surface area contributed by atoms with E-state index in [1.54, 1.807) is 0 Å². The summed E-state index contributed by atoms with van der Waals surface area (Å²) in [7, 11) is 11.0. The van der Waals surface area contributed by atoms with E-state index in [1.807, 2.05) is 0 Å². The maximum atomic E-state index is 4.93. The second kappa shape index (κ2) is 22.9. The summed E-state index contributed by atoms with van der Waals surface area (Å²) in [5.41, 5.74) is 11.4. The average molecular weight is 827 g/mol. The van der Waals surface area contributed by atoms with Crippen LogP contribution in [0.15, 0.2) is 109 Å². The first-order valence-electron chi connectivity index (χ1n) is 19.3. The van der Waals surface area contributed by atoms with Crippen LogP contribution in [0.25, 0.3) is 43.8 Å². The Hall–Kier alpha value is -2.22. The van der Waals surface area contributed by atoms with Crippen molar-refractivity contribution < 1.29 is 20.8 Å². The summed E-state index contributed by atoms with van der Waals surface area (Å²) < 4.78 is 0. The molecule has 2 radical (unpaired) electrons. The third-order valence-corrected chi connectivity index (χ3v) is 10.7. The van der Waals surface area contributed by atoms with E-state index < -0.39 is 20.8 Å². The van der Waals surface area contributed by atoms with Crippen molar-refractivity contribution in [3.05, 3.63) is 131 Å². The van der Waals surface area contributed by atoms with Crippen molar-refractivity contribution in [3.63, 3.8) is 0 Å². The molecule has 52 heavy (non-hydrogen) atoms. The van der Waals surface area contributed by atoms with Gasteiger partial charge in [0.05, 0.1) is 0 Å². The molecule has 0 aliphatic heterocycles. The van der Waals surface area contributed by atoms with Crippen LogP contribution in [0, 0.1) is 0 Å². The van der Waals surface area contributed by atoms with Crippen molar-refractivity contribution in [1.29, 1.82) is 0 Å². The zero-order valence-electron chi connectivity index (χ0n) is 33.3. The molecular weight excluding hydrogens is 767 g/mol. The van der Waals surface area contributed by atoms with Crippen LogP contribution in [0.1, 0.15) is 127 Å². The Morgan fingerprint density at radius 1 is 0.500 bits per heavy atom. The van der Waals surface area contributed by atoms with Gasteiger partial charge in [-0.25, -0.2) is 0 Å². The van der Waals surface area contributed by atoms with E-state index in [0.29, 0.717) is 23.7 Å². The first-order chi connectivity index (χ1) is 25.1. The molecule has 4 atom stereocenters. The third-order valence-electron chi connectivity index (χ3n) is 10.7. The molecule has 0 saturated carbocycles. The van der Waals surface area contributed by atoms with Gasteiger partial charge in [-0.05, 0) is 58.8 Å². The molecular formula is C48H60Cl2SiZr. The van der Waals surface area contributed by atoms with Gasteiger partial charge in [0.15, 0.2) is 0 Å². The van der Waals surface area contributed by atoms with Gasteiger partial charge in [0, 0.05) is 9.52 Å². The van der Waals surface area contributed by atoms with Crippen LogP contribution < -0.4 is 0 Å². The van der Waals surface area contributed by atoms with Gasteiger partial charge in [-0.1, -0.05) is 153 Å². The topological polar surface area (TPSA) is 0 Å². The zero-order chi connectivity index (χ0) is 38.2. The van der Waals surface area contributed by atoms with Crippen molar-refractivity contribution in [2.24, 2.45) is 0 Å². The van der Waals surface area contributed by atoms with Crippen LogP contribution in [0.3, 0.4) is 0 Å². The Kier molecular flexibility index (Phi) is 19.4. The van der Waals surface area contributed by atoms with Gasteiger partial charge in [-0.15, -0.1) is 69.1 Å². The quantitative estimate of drug-likeness (QED) is 0.0953. The summed E-state index contributed by atoms with van der Waals surface area (Å²) in [4.78, 5) is 0. The van der Waals surface area contributed by atoms with Crippen LogP contribution in [-0.2, 0) is 20.8 Å². The van der Waals surface area contributed by atoms with Crippen molar-refractivity contribution in [2.75, 3.05) is 0 Å². The molecule has 0 aliphatic carbocycles. The third kappa shape index (κ3) is 11.4. The van der Waals surface area contributed by atoms with E-state index in [9.17, 15) is 0 Å². The number of hydrogen-bond acceptors (Lipinski definition) is 0. The van der Waals surface area contributed by atoms with E-state index in [-0.39, 0.29) is 0 Å². The molecule has 0 N–H and O–H groups in total. The van der Waals surface area contributed by atoms with E-state index in [2.05, 4.69) is 178 Å². The number of benzene rings is 4. The molecule has 0 heterocycles. The van der Waals surface area contributed by atoms with Crippen LogP contribution in [0.5, 0.6) is 0 Å². The Balaban J connectivity index is 0.000000244. The first-order valence-corrected chi connectivity index (χ1v) is 27.6. The maximum absolute atomic E-state index is 4.93. The van der Waals surface area contributed by atoms with Gasteiger partial charge in [0.2, 0.25) is 0 Å². The fourth-order valence-electron chi connectivity index (χ4n) is 6.81. The van der Waals surface area contributed by atoms with Crippen LogP contribution in [0.4, 0.5) is 0 Å². The molecule has 6 rings (SSSR count). The summed E-state index contributed by atoms with van der Waals surface area (Å²) in [5.74, 6) is 2.43. The monoisotopic (exact) mass is 824 g/mol. The molecule has 0 aromatic heterocycles. The molecule has 0 nitrogen and oxygen atoms in total. The van der Waals surface area contributed by atoms with Gasteiger partial charge in [-0.3, -0.25) is 0 Å². The minimum atomic E-state index is -0.826. The van der Waals surface area contributed by atoms with E-state index in [0.717, 1.165) is 9.52 Å². The standard InChI is InChI=1S/2C23H27.C2H6Si.2ClH.Zr/c2*1-5-16(3)19-14-18-10-9-13-22(23(18)15-19)21-12-8-7-11-20(21)17(4)6-2;1-3-2;;;/h2*7-17H,5-6H2,1-4H3;1-2H3;2*1H;/q2*-1;;;;+4/p-2. The predicted molar refractivity (Wildman–Crippen MR) is 234 cm³/mol. The summed E-state index contributed by atoms with van der Waals surface area (Å²) in [6, 6.07) is 40.8. The Bertz CT molecular complexity index is 1780. The average Bonchev–Trinajstić information content (AvgIpc) is 3.83. The molecule has 0 aliphatic rings. The molecule has 6 aromatic carbocycles. The molecule has 0 saturated heterocycles. The second-order valence-electron chi connectivity index (χ2n) is 14.2. The van der Waals surface area contributed by atoms with Gasteiger partial charge in [0.1, 0.15) is 0 Å². The summed E-state index contributed by atoms with van der Waals surface area (Å²) in [6.45, 7) is 22.7. The number of hydrogen-bond donors (Lipinski definition) is 0. The zero-order valence-corrected chi connectivity index (χ0v) is 38.3. The van der Waals surface area contributed by atoms with Gasteiger partial charge >= 0.3 is 37.9 Å². The Morgan fingerprint density at radius 2 is 0.808 bits per heavy atom. The first kappa shape index (κ1) is 44.2. The normalized spacial score (nSPS) is 13.0. The molecule has 4 unspecified atom stereocenters. The summed E-state index contributed by atoms with van der Waals surface area (Å²) in [6.07, 6.45) is 4.72. The van der Waals surface area contributed by atoms with Crippen molar-refractivity contribution in [1.82, 2.24) is 0 Å². The molecule has 0 bridgehead atoms. The van der Waals surface area contributed by atoms with Gasteiger partial charge in [-0.2, -0.15) is 12.1 Å². The molecule has 0 spiro atoms. The fraction of sp³-hybridized carbons (Fsp3) is 0.375. The molecule has 6 aromatic rings. The Morgan fingerprint density at radius 3 is 1.13 bits per heavy atom. The molecule has 0 amide bonds. The second-order valence-corrected chi connectivity index (χ2v) is 18.9. The SMILES string of the molecule is CCC(C)c1cc2c(-c3ccccc3C(C)CC)cccc2[cH-]1.CCC(C)c1cc2c(-c3ccccc3C(C)CC)cccc2[cH-]1.C[Si]C.[Cl][Zr+2][Cl]. The van der Waals surface area contributed by atoms with E-state index in [1.165, 1.54) is 91.7 Å². The fourth-order valence-corrected chi connectivity index (χ4v) is 6.81. The predicted octanol–water partition coefficient (Wildman–Crippen LogP) is 16.7. The minimum absolute atomic E-state index is 0.588. The van der Waals surface area contributed by atoms with Crippen molar-refractivity contribution in [2.45, 2.75) is 118 Å². The molecule has 4 heteroatoms.